The highest BCUT2D eigenvalue weighted by Gasteiger charge is 2.16. The van der Waals surface area contributed by atoms with Gasteiger partial charge in [-0.25, -0.2) is 18.6 Å². The molecule has 0 saturated heterocycles. The number of carbonyl (C=O) groups is 1. The maximum atomic E-state index is 13.7. The van der Waals surface area contributed by atoms with Crippen LogP contribution in [0.2, 0.25) is 0 Å². The lowest BCUT2D eigenvalue weighted by molar-refractivity contribution is 0.0520. The molecule has 1 aromatic carbocycles. The largest absolute Gasteiger partial charge is 0.461 e. The van der Waals surface area contributed by atoms with E-state index in [1.165, 1.54) is 11.4 Å². The molecule has 19 heavy (non-hydrogen) atoms. The van der Waals surface area contributed by atoms with Gasteiger partial charge in [0.25, 0.3) is 0 Å². The molecule has 2 rings (SSSR count). The van der Waals surface area contributed by atoms with Crippen LogP contribution >= 0.6 is 27.3 Å². The zero-order valence-electron chi connectivity index (χ0n) is 9.75. The summed E-state index contributed by atoms with van der Waals surface area (Å²) >= 11 is 4.07. The van der Waals surface area contributed by atoms with E-state index in [4.69, 9.17) is 4.74 Å². The van der Waals surface area contributed by atoms with Gasteiger partial charge >= 0.3 is 5.97 Å². The highest BCUT2D eigenvalue weighted by molar-refractivity contribution is 9.10. The first-order valence-electron chi connectivity index (χ1n) is 5.30. The van der Waals surface area contributed by atoms with Crippen molar-refractivity contribution in [3.8, 4) is 10.6 Å². The lowest BCUT2D eigenvalue weighted by atomic mass is 10.2. The summed E-state index contributed by atoms with van der Waals surface area (Å²) in [4.78, 5) is 15.4. The fourth-order valence-electron chi connectivity index (χ4n) is 1.38. The highest BCUT2D eigenvalue weighted by Crippen LogP contribution is 2.30. The highest BCUT2D eigenvalue weighted by atomic mass is 79.9. The normalized spacial score (nSPS) is 10.5. The van der Waals surface area contributed by atoms with Crippen LogP contribution in [-0.4, -0.2) is 17.6 Å². The van der Waals surface area contributed by atoms with Crippen LogP contribution < -0.4 is 0 Å². The predicted molar refractivity (Wildman–Crippen MR) is 71.1 cm³/mol. The van der Waals surface area contributed by atoms with E-state index in [1.54, 1.807) is 6.92 Å². The molecule has 0 unspecified atom stereocenters. The van der Waals surface area contributed by atoms with E-state index in [-0.39, 0.29) is 22.3 Å². The Morgan fingerprint density at radius 3 is 2.84 bits per heavy atom. The molecular weight excluding hydrogens is 340 g/mol. The van der Waals surface area contributed by atoms with Gasteiger partial charge in [-0.05, 0) is 28.9 Å². The molecule has 0 amide bonds. The minimum absolute atomic E-state index is 0.113. The SMILES string of the molecule is CCOC(=O)c1csc(-c2cc(Br)c(F)cc2F)n1. The molecule has 1 aromatic heterocycles. The molecule has 1 heterocycles. The summed E-state index contributed by atoms with van der Waals surface area (Å²) in [5.41, 5.74) is 0.246. The molecule has 0 N–H and O–H groups in total. The number of aromatic nitrogens is 1. The van der Waals surface area contributed by atoms with Crippen molar-refractivity contribution in [2.75, 3.05) is 6.61 Å². The van der Waals surface area contributed by atoms with Crippen molar-refractivity contribution >= 4 is 33.2 Å². The van der Waals surface area contributed by atoms with E-state index in [1.807, 2.05) is 0 Å². The van der Waals surface area contributed by atoms with Crippen LogP contribution in [0.15, 0.2) is 22.0 Å². The third-order valence-electron chi connectivity index (χ3n) is 2.23. The lowest BCUT2D eigenvalue weighted by Crippen LogP contribution is -2.04. The molecular formula is C12H8BrF2NO2S. The molecule has 0 saturated carbocycles. The van der Waals surface area contributed by atoms with Gasteiger partial charge in [0.2, 0.25) is 0 Å². The average molecular weight is 348 g/mol. The summed E-state index contributed by atoms with van der Waals surface area (Å²) in [7, 11) is 0. The lowest BCUT2D eigenvalue weighted by Gasteiger charge is -2.01. The number of hydrogen-bond donors (Lipinski definition) is 0. The number of benzene rings is 1. The molecule has 0 fully saturated rings. The maximum Gasteiger partial charge on any atom is 0.357 e. The number of halogens is 3. The van der Waals surface area contributed by atoms with Crippen molar-refractivity contribution in [1.29, 1.82) is 0 Å². The molecule has 3 nitrogen and oxygen atoms in total. The van der Waals surface area contributed by atoms with E-state index in [0.29, 0.717) is 5.01 Å². The maximum absolute atomic E-state index is 13.7. The molecule has 7 heteroatoms. The van der Waals surface area contributed by atoms with Gasteiger partial charge in [-0.3, -0.25) is 0 Å². The van der Waals surface area contributed by atoms with Crippen LogP contribution in [-0.2, 0) is 4.74 Å². The van der Waals surface area contributed by atoms with Gasteiger partial charge < -0.3 is 4.74 Å². The molecule has 0 aliphatic carbocycles. The van der Waals surface area contributed by atoms with Crippen LogP contribution in [0.5, 0.6) is 0 Å². The van der Waals surface area contributed by atoms with Gasteiger partial charge in [-0.15, -0.1) is 11.3 Å². The summed E-state index contributed by atoms with van der Waals surface area (Å²) in [6, 6.07) is 2.06. The minimum Gasteiger partial charge on any atom is -0.461 e. The Kier molecular flexibility index (Phi) is 4.26. The molecule has 0 spiro atoms. The smallest absolute Gasteiger partial charge is 0.357 e. The molecule has 0 bridgehead atoms. The second kappa shape index (κ2) is 5.75. The van der Waals surface area contributed by atoms with Gasteiger partial charge in [-0.2, -0.15) is 0 Å². The van der Waals surface area contributed by atoms with Crippen LogP contribution in [0.3, 0.4) is 0 Å². The average Bonchev–Trinajstić information content (AvgIpc) is 2.83. The van der Waals surface area contributed by atoms with Gasteiger partial charge in [0, 0.05) is 17.0 Å². The zero-order valence-corrected chi connectivity index (χ0v) is 12.1. The Hall–Kier alpha value is -1.34. The number of carbonyl (C=O) groups excluding carboxylic acids is 1. The van der Waals surface area contributed by atoms with Gasteiger partial charge in [0.1, 0.15) is 16.6 Å². The summed E-state index contributed by atoms with van der Waals surface area (Å²) in [6.45, 7) is 1.92. The minimum atomic E-state index is -0.731. The molecule has 2 aromatic rings. The van der Waals surface area contributed by atoms with Crippen LogP contribution in [0.1, 0.15) is 17.4 Å². The summed E-state index contributed by atoms with van der Waals surface area (Å²) in [6.07, 6.45) is 0. The number of rotatable bonds is 3. The number of ether oxygens (including phenoxy) is 1. The Morgan fingerprint density at radius 1 is 1.42 bits per heavy atom. The van der Waals surface area contributed by atoms with E-state index in [0.717, 1.165) is 17.4 Å². The predicted octanol–water partition coefficient (Wildman–Crippen LogP) is 4.03. The van der Waals surface area contributed by atoms with Crippen molar-refractivity contribution in [3.63, 3.8) is 0 Å². The number of nitrogens with zero attached hydrogens (tertiary/aromatic N) is 1. The van der Waals surface area contributed by atoms with E-state index in [9.17, 15) is 13.6 Å². The Balaban J connectivity index is 2.38. The number of thiazole rings is 1. The summed E-state index contributed by atoms with van der Waals surface area (Å²) in [5.74, 6) is -1.99. The standard InChI is InChI=1S/C12H8BrF2NO2S/c1-2-18-12(17)10-5-19-11(16-10)6-3-7(13)9(15)4-8(6)14/h3-5H,2H2,1H3. The van der Waals surface area contributed by atoms with Crippen molar-refractivity contribution in [2.45, 2.75) is 6.92 Å². The molecule has 0 radical (unpaired) electrons. The number of esters is 1. The zero-order chi connectivity index (χ0) is 14.0. The first-order valence-corrected chi connectivity index (χ1v) is 6.97. The summed E-state index contributed by atoms with van der Waals surface area (Å²) < 4.78 is 31.7. The Morgan fingerprint density at radius 2 is 2.16 bits per heavy atom. The van der Waals surface area contributed by atoms with Crippen molar-refractivity contribution in [1.82, 2.24) is 4.98 Å². The third-order valence-corrected chi connectivity index (χ3v) is 3.71. The molecule has 0 aliphatic heterocycles. The molecule has 100 valence electrons. The monoisotopic (exact) mass is 347 g/mol. The molecule has 0 atom stereocenters. The van der Waals surface area contributed by atoms with Crippen LogP contribution in [0.4, 0.5) is 8.78 Å². The summed E-state index contributed by atoms with van der Waals surface area (Å²) in [5, 5.41) is 1.77. The number of hydrogen-bond acceptors (Lipinski definition) is 4. The van der Waals surface area contributed by atoms with Crippen LogP contribution in [0, 0.1) is 11.6 Å². The van der Waals surface area contributed by atoms with E-state index < -0.39 is 17.6 Å². The van der Waals surface area contributed by atoms with E-state index >= 15 is 0 Å². The Labute approximate surface area is 120 Å². The van der Waals surface area contributed by atoms with Gasteiger partial charge in [0.05, 0.1) is 11.1 Å². The first-order chi connectivity index (χ1) is 9.02. The molecule has 0 aliphatic rings. The van der Waals surface area contributed by atoms with Crippen molar-refractivity contribution in [3.05, 3.63) is 39.3 Å². The Bertz CT molecular complexity index is 630. The van der Waals surface area contributed by atoms with Crippen LogP contribution in [0.25, 0.3) is 10.6 Å². The quantitative estimate of drug-likeness (QED) is 0.621. The second-order valence-electron chi connectivity index (χ2n) is 3.50. The van der Waals surface area contributed by atoms with E-state index in [2.05, 4.69) is 20.9 Å². The topological polar surface area (TPSA) is 39.2 Å². The fourth-order valence-corrected chi connectivity index (χ4v) is 2.53. The van der Waals surface area contributed by atoms with Gasteiger partial charge in [0.15, 0.2) is 5.69 Å². The van der Waals surface area contributed by atoms with Gasteiger partial charge in [-0.1, -0.05) is 0 Å². The first kappa shape index (κ1) is 14.1. The fraction of sp³-hybridized carbons (Fsp3) is 0.167. The second-order valence-corrected chi connectivity index (χ2v) is 5.22. The van der Waals surface area contributed by atoms with Crippen molar-refractivity contribution in [2.24, 2.45) is 0 Å². The van der Waals surface area contributed by atoms with Crippen molar-refractivity contribution < 1.29 is 18.3 Å². The third kappa shape index (κ3) is 2.98.